The van der Waals surface area contributed by atoms with E-state index in [4.69, 9.17) is 4.74 Å². The van der Waals surface area contributed by atoms with Gasteiger partial charge in [-0.25, -0.2) is 4.39 Å². The maximum Gasteiger partial charge on any atom is 0.227 e. The molecule has 3 rings (SSSR count). The monoisotopic (exact) mass is 430 g/mol. The van der Waals surface area contributed by atoms with E-state index in [0.717, 1.165) is 31.2 Å². The molecule has 1 amide bonds. The molecular formula is C22H31FN6O2. The molecule has 0 aliphatic heterocycles. The first-order chi connectivity index (χ1) is 15.1. The Morgan fingerprint density at radius 2 is 1.81 bits per heavy atom. The minimum Gasteiger partial charge on any atom is -0.383 e. The quantitative estimate of drug-likeness (QED) is 0.498. The molecule has 9 heteroatoms. The molecule has 0 radical (unpaired) electrons. The number of carbonyl (C=O) groups is 1. The van der Waals surface area contributed by atoms with Gasteiger partial charge in [0.2, 0.25) is 17.8 Å². The van der Waals surface area contributed by atoms with Crippen molar-refractivity contribution in [3.05, 3.63) is 41.2 Å². The molecule has 1 saturated carbocycles. The van der Waals surface area contributed by atoms with Crippen LogP contribution in [-0.4, -0.2) is 47.2 Å². The van der Waals surface area contributed by atoms with E-state index in [2.05, 4.69) is 30.9 Å². The highest BCUT2D eigenvalue weighted by atomic mass is 19.1. The smallest absolute Gasteiger partial charge is 0.227 e. The number of carbonyl (C=O) groups excluding carboxylic acids is 1. The summed E-state index contributed by atoms with van der Waals surface area (Å²) < 4.78 is 18.1. The van der Waals surface area contributed by atoms with E-state index in [1.165, 1.54) is 0 Å². The van der Waals surface area contributed by atoms with Gasteiger partial charge in [-0.3, -0.25) is 4.79 Å². The van der Waals surface area contributed by atoms with E-state index in [1.807, 2.05) is 19.1 Å². The summed E-state index contributed by atoms with van der Waals surface area (Å²) in [4.78, 5) is 25.7. The number of rotatable bonds is 10. The minimum absolute atomic E-state index is 0.0260. The van der Waals surface area contributed by atoms with Gasteiger partial charge in [-0.15, -0.1) is 0 Å². The Balaban J connectivity index is 1.46. The van der Waals surface area contributed by atoms with E-state index in [1.54, 1.807) is 19.2 Å². The second-order valence-corrected chi connectivity index (χ2v) is 7.76. The first-order valence-corrected chi connectivity index (χ1v) is 10.7. The molecule has 0 unspecified atom stereocenters. The van der Waals surface area contributed by atoms with Crippen molar-refractivity contribution in [1.29, 1.82) is 0 Å². The molecule has 0 spiro atoms. The van der Waals surface area contributed by atoms with E-state index < -0.39 is 6.67 Å². The van der Waals surface area contributed by atoms with Crippen LogP contribution >= 0.6 is 0 Å². The molecule has 1 aliphatic carbocycles. The van der Waals surface area contributed by atoms with Gasteiger partial charge in [-0.1, -0.05) is 24.3 Å². The van der Waals surface area contributed by atoms with Gasteiger partial charge in [0.05, 0.1) is 6.61 Å². The maximum absolute atomic E-state index is 13.1. The van der Waals surface area contributed by atoms with Crippen molar-refractivity contribution in [3.63, 3.8) is 0 Å². The van der Waals surface area contributed by atoms with Crippen molar-refractivity contribution in [2.45, 2.75) is 51.9 Å². The first-order valence-electron chi connectivity index (χ1n) is 10.7. The average molecular weight is 431 g/mol. The molecular weight excluding hydrogens is 399 g/mol. The number of nitrogens with one attached hydrogen (secondary N) is 3. The van der Waals surface area contributed by atoms with Crippen molar-refractivity contribution in [3.8, 4) is 0 Å². The number of aryl methyl sites for hydroxylation is 1. The molecule has 1 fully saturated rings. The average Bonchev–Trinajstić information content (AvgIpc) is 2.78. The van der Waals surface area contributed by atoms with E-state index in [0.29, 0.717) is 43.0 Å². The van der Waals surface area contributed by atoms with Gasteiger partial charge in [0, 0.05) is 32.2 Å². The standard InChI is InChI=1S/C22H31FN6O2/c1-15-26-21(24-11-12-31-2)29-22(27-15)28-19-9-7-16(8-10-19)20(30)25-14-18-6-4-3-5-17(18)13-23/h3-6,16,19H,7-14H2,1-2H3,(H,25,30)(H2,24,26,27,28,29)/t16-,19+. The Hall–Kier alpha value is -2.81. The lowest BCUT2D eigenvalue weighted by Crippen LogP contribution is -2.36. The fourth-order valence-corrected chi connectivity index (χ4v) is 3.76. The first kappa shape index (κ1) is 22.9. The van der Waals surface area contributed by atoms with Crippen LogP contribution in [-0.2, 0) is 22.8 Å². The highest BCUT2D eigenvalue weighted by Gasteiger charge is 2.26. The van der Waals surface area contributed by atoms with Gasteiger partial charge in [-0.2, -0.15) is 15.0 Å². The summed E-state index contributed by atoms with van der Waals surface area (Å²) in [5.41, 5.74) is 1.45. The third-order valence-electron chi connectivity index (χ3n) is 5.48. The summed E-state index contributed by atoms with van der Waals surface area (Å²) in [6.07, 6.45) is 3.29. The van der Waals surface area contributed by atoms with Crippen LogP contribution in [0.3, 0.4) is 0 Å². The molecule has 0 atom stereocenters. The molecule has 2 aromatic rings. The zero-order valence-corrected chi connectivity index (χ0v) is 18.2. The summed E-state index contributed by atoms with van der Waals surface area (Å²) in [6.45, 7) is 2.86. The molecule has 1 aliphatic rings. The van der Waals surface area contributed by atoms with Gasteiger partial charge in [-0.05, 0) is 43.7 Å². The molecule has 8 nitrogen and oxygen atoms in total. The fourth-order valence-electron chi connectivity index (χ4n) is 3.76. The summed E-state index contributed by atoms with van der Waals surface area (Å²) >= 11 is 0. The molecule has 1 aromatic carbocycles. The van der Waals surface area contributed by atoms with Crippen LogP contribution in [0.1, 0.15) is 42.6 Å². The Labute approximate surface area is 182 Å². The van der Waals surface area contributed by atoms with E-state index >= 15 is 0 Å². The Bertz CT molecular complexity index is 858. The van der Waals surface area contributed by atoms with Crippen LogP contribution in [0.5, 0.6) is 0 Å². The highest BCUT2D eigenvalue weighted by molar-refractivity contribution is 5.78. The highest BCUT2D eigenvalue weighted by Crippen LogP contribution is 2.26. The predicted molar refractivity (Wildman–Crippen MR) is 117 cm³/mol. The number of halogens is 1. The Morgan fingerprint density at radius 1 is 1.10 bits per heavy atom. The number of anilines is 2. The summed E-state index contributed by atoms with van der Waals surface area (Å²) in [7, 11) is 1.65. The number of hydrogen-bond acceptors (Lipinski definition) is 7. The van der Waals surface area contributed by atoms with Crippen molar-refractivity contribution < 1.29 is 13.9 Å². The summed E-state index contributed by atoms with van der Waals surface area (Å²) in [5, 5.41) is 9.47. The molecule has 3 N–H and O–H groups in total. The van der Waals surface area contributed by atoms with Gasteiger partial charge in [0.15, 0.2) is 0 Å². The molecule has 1 heterocycles. The SMILES string of the molecule is COCCNc1nc(C)nc(N[C@H]2CC[C@@H](C(=O)NCc3ccccc3CF)CC2)n1. The normalized spacial score (nSPS) is 18.4. The Morgan fingerprint density at radius 3 is 2.52 bits per heavy atom. The van der Waals surface area contributed by atoms with Crippen LogP contribution in [0, 0.1) is 12.8 Å². The van der Waals surface area contributed by atoms with Crippen molar-refractivity contribution >= 4 is 17.8 Å². The number of nitrogens with zero attached hydrogens (tertiary/aromatic N) is 3. The lowest BCUT2D eigenvalue weighted by atomic mass is 9.85. The molecule has 0 bridgehead atoms. The van der Waals surface area contributed by atoms with Crippen LogP contribution in [0.4, 0.5) is 16.3 Å². The number of hydrogen-bond donors (Lipinski definition) is 3. The Kier molecular flexibility index (Phi) is 8.52. The van der Waals surface area contributed by atoms with Crippen LogP contribution < -0.4 is 16.0 Å². The zero-order valence-electron chi connectivity index (χ0n) is 18.2. The van der Waals surface area contributed by atoms with Gasteiger partial charge < -0.3 is 20.7 Å². The maximum atomic E-state index is 13.1. The largest absolute Gasteiger partial charge is 0.383 e. The van der Waals surface area contributed by atoms with Gasteiger partial charge in [0.25, 0.3) is 0 Å². The van der Waals surface area contributed by atoms with Crippen LogP contribution in [0.25, 0.3) is 0 Å². The molecule has 0 saturated heterocycles. The van der Waals surface area contributed by atoms with Gasteiger partial charge >= 0.3 is 0 Å². The van der Waals surface area contributed by atoms with Crippen molar-refractivity contribution in [2.75, 3.05) is 30.9 Å². The van der Waals surface area contributed by atoms with Crippen LogP contribution in [0.15, 0.2) is 24.3 Å². The summed E-state index contributed by atoms with van der Waals surface area (Å²) in [6, 6.07) is 7.48. The number of amides is 1. The van der Waals surface area contributed by atoms with E-state index in [-0.39, 0.29) is 17.9 Å². The lowest BCUT2D eigenvalue weighted by molar-refractivity contribution is -0.126. The van der Waals surface area contributed by atoms with Crippen molar-refractivity contribution in [2.24, 2.45) is 5.92 Å². The topological polar surface area (TPSA) is 101 Å². The van der Waals surface area contributed by atoms with E-state index in [9.17, 15) is 9.18 Å². The van der Waals surface area contributed by atoms with Crippen molar-refractivity contribution in [1.82, 2.24) is 20.3 Å². The molecule has 1 aromatic heterocycles. The predicted octanol–water partition coefficient (Wildman–Crippen LogP) is 2.99. The third kappa shape index (κ3) is 6.85. The summed E-state index contributed by atoms with van der Waals surface area (Å²) in [5.74, 6) is 1.71. The van der Waals surface area contributed by atoms with Crippen LogP contribution in [0.2, 0.25) is 0 Å². The second kappa shape index (κ2) is 11.5. The number of methoxy groups -OCH3 is 1. The number of ether oxygens (including phenoxy) is 1. The second-order valence-electron chi connectivity index (χ2n) is 7.76. The lowest BCUT2D eigenvalue weighted by Gasteiger charge is -2.28. The molecule has 168 valence electrons. The third-order valence-corrected chi connectivity index (χ3v) is 5.48. The zero-order chi connectivity index (χ0) is 22.1. The number of benzene rings is 1. The molecule has 31 heavy (non-hydrogen) atoms. The number of aromatic nitrogens is 3. The minimum atomic E-state index is -0.525. The fraction of sp³-hybridized carbons (Fsp3) is 0.545. The number of alkyl halides is 1. The van der Waals surface area contributed by atoms with Gasteiger partial charge in [0.1, 0.15) is 12.5 Å².